The highest BCUT2D eigenvalue weighted by atomic mass is 79.9. The van der Waals surface area contributed by atoms with Gasteiger partial charge in [-0.25, -0.2) is 4.98 Å². The third kappa shape index (κ3) is 6.36. The second kappa shape index (κ2) is 9.38. The number of alkyl halides is 9. The molecule has 1 saturated carbocycles. The van der Waals surface area contributed by atoms with Crippen molar-refractivity contribution in [3.8, 4) is 0 Å². The number of rotatable bonds is 2. The summed E-state index contributed by atoms with van der Waals surface area (Å²) in [6.07, 6.45) is -8.31. The first kappa shape index (κ1) is 27.3. The van der Waals surface area contributed by atoms with Gasteiger partial charge in [0.1, 0.15) is 11.9 Å². The smallest absolute Gasteiger partial charge is 0.383 e. The van der Waals surface area contributed by atoms with Gasteiger partial charge < -0.3 is 10.6 Å². The highest BCUT2D eigenvalue weighted by Crippen LogP contribution is 2.49. The van der Waals surface area contributed by atoms with Crippen LogP contribution in [-0.2, 0) is 11.6 Å². The summed E-state index contributed by atoms with van der Waals surface area (Å²) >= 11 is 2.63. The summed E-state index contributed by atoms with van der Waals surface area (Å²) < 4.78 is 112. The Morgan fingerprint density at radius 3 is 2.03 bits per heavy atom. The van der Waals surface area contributed by atoms with Crippen LogP contribution < -0.4 is 5.73 Å². The quantitative estimate of drug-likeness (QED) is 0.397. The molecular weight excluding hydrogens is 533 g/mol. The van der Waals surface area contributed by atoms with Crippen LogP contribution in [0.2, 0.25) is 0 Å². The number of allylic oxidation sites excluding steroid dienone is 2. The molecule has 1 aliphatic heterocycles. The number of hydrogen-bond donors (Lipinski definition) is 1. The van der Waals surface area contributed by atoms with Crippen LogP contribution in [0.3, 0.4) is 0 Å². The minimum Gasteiger partial charge on any atom is -0.383 e. The summed E-state index contributed by atoms with van der Waals surface area (Å²) in [6, 6.07) is -0.823. The third-order valence-electron chi connectivity index (χ3n) is 5.67. The van der Waals surface area contributed by atoms with Gasteiger partial charge in [-0.1, -0.05) is 19.4 Å². The predicted octanol–water partition coefficient (Wildman–Crippen LogP) is 7.10. The maximum absolute atomic E-state index is 12.8. The van der Waals surface area contributed by atoms with Gasteiger partial charge in [-0.3, -0.25) is 0 Å². The van der Waals surface area contributed by atoms with Crippen molar-refractivity contribution in [3.05, 3.63) is 45.7 Å². The molecule has 1 aromatic heterocycles. The zero-order valence-electron chi connectivity index (χ0n) is 17.5. The molecule has 0 saturated heterocycles. The van der Waals surface area contributed by atoms with Gasteiger partial charge in [0.15, 0.2) is 0 Å². The average molecular weight is 554 g/mol. The van der Waals surface area contributed by atoms with Crippen molar-refractivity contribution in [1.29, 1.82) is 0 Å². The molecule has 186 valence electrons. The van der Waals surface area contributed by atoms with Crippen LogP contribution in [0.1, 0.15) is 44.2 Å². The normalized spacial score (nSPS) is 19.6. The van der Waals surface area contributed by atoms with E-state index in [-0.39, 0.29) is 11.4 Å². The van der Waals surface area contributed by atoms with Crippen LogP contribution in [0.5, 0.6) is 0 Å². The maximum Gasteiger partial charge on any atom is 0.417 e. The highest BCUT2D eigenvalue weighted by Gasteiger charge is 2.44. The summed E-state index contributed by atoms with van der Waals surface area (Å²) in [5, 5.41) is 0. The molecule has 2 aliphatic rings. The predicted molar refractivity (Wildman–Crippen MR) is 108 cm³/mol. The molecular formula is C20H21BrF9N3. The number of nitrogens with zero attached hydrogens (tertiary/aromatic N) is 2. The lowest BCUT2D eigenvalue weighted by molar-refractivity contribution is -0.171. The van der Waals surface area contributed by atoms with Crippen LogP contribution in [-0.4, -0.2) is 34.8 Å². The van der Waals surface area contributed by atoms with Gasteiger partial charge in [0.25, 0.3) is 0 Å². The van der Waals surface area contributed by atoms with Crippen LogP contribution in [0, 0.1) is 0 Å². The van der Waals surface area contributed by atoms with E-state index in [0.717, 1.165) is 55.6 Å². The Morgan fingerprint density at radius 1 is 1.06 bits per heavy atom. The Balaban J connectivity index is 0.000000234. The van der Waals surface area contributed by atoms with Gasteiger partial charge in [-0.05, 0) is 47.2 Å². The summed E-state index contributed by atoms with van der Waals surface area (Å²) in [5.41, 5.74) is 3.73. The first-order valence-corrected chi connectivity index (χ1v) is 10.5. The topological polar surface area (TPSA) is 42.1 Å². The van der Waals surface area contributed by atoms with E-state index in [2.05, 4.69) is 20.9 Å². The molecule has 0 amide bonds. The summed E-state index contributed by atoms with van der Waals surface area (Å²) in [6.45, 7) is 2.28. The van der Waals surface area contributed by atoms with Crippen LogP contribution in [0.25, 0.3) is 0 Å². The largest absolute Gasteiger partial charge is 0.417 e. The zero-order chi connectivity index (χ0) is 25.4. The zero-order valence-corrected chi connectivity index (χ0v) is 19.1. The van der Waals surface area contributed by atoms with Crippen molar-refractivity contribution >= 4 is 21.7 Å². The van der Waals surface area contributed by atoms with Crippen LogP contribution in [0.4, 0.5) is 45.3 Å². The molecule has 0 aromatic carbocycles. The third-order valence-corrected chi connectivity index (χ3v) is 6.30. The van der Waals surface area contributed by atoms with Crippen LogP contribution in [0.15, 0.2) is 34.6 Å². The monoisotopic (exact) mass is 553 g/mol. The van der Waals surface area contributed by atoms with Gasteiger partial charge in [-0.15, -0.1) is 0 Å². The lowest BCUT2D eigenvalue weighted by Gasteiger charge is -2.40. The Hall–Kier alpha value is -1.92. The lowest BCUT2D eigenvalue weighted by atomic mass is 9.65. The number of hydrogen-bond acceptors (Lipinski definition) is 3. The number of aromatic nitrogens is 1. The Morgan fingerprint density at radius 2 is 1.64 bits per heavy atom. The number of halogens is 10. The van der Waals surface area contributed by atoms with Gasteiger partial charge in [0.2, 0.25) is 0 Å². The van der Waals surface area contributed by atoms with E-state index in [4.69, 9.17) is 5.73 Å². The molecule has 33 heavy (non-hydrogen) atoms. The fourth-order valence-corrected chi connectivity index (χ4v) is 4.23. The molecule has 13 heteroatoms. The van der Waals surface area contributed by atoms with E-state index < -0.39 is 52.1 Å². The van der Waals surface area contributed by atoms with Crippen molar-refractivity contribution < 1.29 is 39.5 Å². The number of nitrogen functional groups attached to an aromatic ring is 1. The molecule has 2 heterocycles. The standard InChI is InChI=1S/C11H13F3N2.C9H8BrF6N/c1-10(4-2-5-10)8-7(11(12,13)14)3-6-16-9(8)15;1-5(8(11,12)13)17-3-2-6(7(10)4-17)9(14,15)16/h3,6H,2,4-5H2,1H3,(H2,15,16);2,4-5H,3H2,1H3/t;5-/m.0/s1. The van der Waals surface area contributed by atoms with Crippen molar-refractivity contribution in [2.45, 2.75) is 63.1 Å². The van der Waals surface area contributed by atoms with E-state index >= 15 is 0 Å². The SMILES string of the molecule is CC1(c2c(C(F)(F)F)ccnc2N)CCC1.C[C@H](N1C=C(Br)C(C(F)(F)F)=CC1)C(F)(F)F. The second-order valence-electron chi connectivity index (χ2n) is 8.04. The van der Waals surface area contributed by atoms with E-state index in [1.165, 1.54) is 0 Å². The second-order valence-corrected chi connectivity index (χ2v) is 8.89. The molecule has 1 aromatic rings. The van der Waals surface area contributed by atoms with Crippen molar-refractivity contribution in [1.82, 2.24) is 9.88 Å². The molecule has 0 bridgehead atoms. The highest BCUT2D eigenvalue weighted by molar-refractivity contribution is 9.12. The summed E-state index contributed by atoms with van der Waals surface area (Å²) in [4.78, 5) is 4.57. The number of nitrogens with two attached hydrogens (primary N) is 1. The minimum atomic E-state index is -4.57. The number of pyridine rings is 1. The molecule has 3 nitrogen and oxygen atoms in total. The molecule has 0 spiro atoms. The van der Waals surface area contributed by atoms with E-state index in [0.29, 0.717) is 0 Å². The molecule has 3 rings (SSSR count). The van der Waals surface area contributed by atoms with Gasteiger partial charge >= 0.3 is 18.5 Å². The minimum absolute atomic E-state index is 0.0111. The average Bonchev–Trinajstić information content (AvgIpc) is 2.63. The van der Waals surface area contributed by atoms with Gasteiger partial charge in [0, 0.05) is 29.0 Å². The molecule has 0 radical (unpaired) electrons. The van der Waals surface area contributed by atoms with Crippen molar-refractivity contribution in [2.75, 3.05) is 12.3 Å². The van der Waals surface area contributed by atoms with E-state index in [1.807, 2.05) is 6.92 Å². The van der Waals surface area contributed by atoms with Crippen LogP contribution >= 0.6 is 15.9 Å². The molecule has 0 unspecified atom stereocenters. The first-order valence-electron chi connectivity index (χ1n) is 9.67. The van der Waals surface area contributed by atoms with Gasteiger partial charge in [-0.2, -0.15) is 39.5 Å². The lowest BCUT2D eigenvalue weighted by Crippen LogP contribution is -2.42. The fourth-order valence-electron chi connectivity index (χ4n) is 3.58. The molecule has 1 aliphatic carbocycles. The Labute approximate surface area is 192 Å². The Bertz CT molecular complexity index is 913. The number of anilines is 1. The van der Waals surface area contributed by atoms with Crippen molar-refractivity contribution in [3.63, 3.8) is 0 Å². The molecule has 2 N–H and O–H groups in total. The molecule has 1 atom stereocenters. The van der Waals surface area contributed by atoms with E-state index in [1.54, 1.807) is 0 Å². The van der Waals surface area contributed by atoms with Crippen molar-refractivity contribution in [2.24, 2.45) is 0 Å². The van der Waals surface area contributed by atoms with Gasteiger partial charge in [0.05, 0.1) is 11.1 Å². The van der Waals surface area contributed by atoms with E-state index in [9.17, 15) is 39.5 Å². The maximum atomic E-state index is 12.8. The Kier molecular flexibility index (Phi) is 7.77. The first-order chi connectivity index (χ1) is 14.9. The summed E-state index contributed by atoms with van der Waals surface area (Å²) in [5.74, 6) is 0.0111. The fraction of sp³-hybridized carbons (Fsp3) is 0.550. The molecule has 1 fully saturated rings. The summed E-state index contributed by atoms with van der Waals surface area (Å²) in [7, 11) is 0.